The van der Waals surface area contributed by atoms with Crippen molar-refractivity contribution in [3.8, 4) is 0 Å². The zero-order valence-electron chi connectivity index (χ0n) is 9.09. The number of nitrogens with one attached hydrogen (secondary N) is 2. The largest absolute Gasteiger partial charge is 0.394 e. The monoisotopic (exact) mass is 269 g/mol. The average molecular weight is 270 g/mol. The molecule has 4 N–H and O–H groups in total. The van der Waals surface area contributed by atoms with Gasteiger partial charge in [0.25, 0.3) is 10.9 Å². The second-order valence-corrected chi connectivity index (χ2v) is 3.93. The molecule has 7 heteroatoms. The first kappa shape index (κ1) is 12.5. The Balaban J connectivity index is 2.33. The number of anilines is 3. The van der Waals surface area contributed by atoms with E-state index in [9.17, 15) is 14.0 Å². The fourth-order valence-electron chi connectivity index (χ4n) is 1.55. The van der Waals surface area contributed by atoms with Crippen LogP contribution in [0.2, 0.25) is 0 Å². The SMILES string of the molecule is Nc1c(Nc2cccc(CNCl)c2F)c(=O)c1=O. The molecule has 0 amide bonds. The minimum Gasteiger partial charge on any atom is -0.394 e. The Morgan fingerprint density at radius 3 is 2.61 bits per heavy atom. The quantitative estimate of drug-likeness (QED) is 0.569. The third-order valence-electron chi connectivity index (χ3n) is 2.54. The Labute approximate surface area is 106 Å². The zero-order chi connectivity index (χ0) is 13.3. The molecule has 0 aliphatic heterocycles. The second-order valence-electron chi connectivity index (χ2n) is 3.66. The van der Waals surface area contributed by atoms with Gasteiger partial charge in [-0.25, -0.2) is 9.23 Å². The number of benzene rings is 1. The van der Waals surface area contributed by atoms with Gasteiger partial charge < -0.3 is 11.1 Å². The molecule has 0 radical (unpaired) electrons. The van der Waals surface area contributed by atoms with E-state index in [0.717, 1.165) is 0 Å². The van der Waals surface area contributed by atoms with Crippen molar-refractivity contribution >= 4 is 28.8 Å². The van der Waals surface area contributed by atoms with Gasteiger partial charge in [0.15, 0.2) is 5.82 Å². The fraction of sp³-hybridized carbons (Fsp3) is 0.0909. The number of hydrogen-bond donors (Lipinski definition) is 3. The standard InChI is InChI=1S/C11H9ClFN3O2/c12-15-4-5-2-1-3-6(7(5)13)16-9-8(14)10(17)11(9)18/h1-3,15-16H,4,14H2. The molecule has 0 unspecified atom stereocenters. The van der Waals surface area contributed by atoms with E-state index >= 15 is 0 Å². The van der Waals surface area contributed by atoms with Gasteiger partial charge >= 0.3 is 0 Å². The van der Waals surface area contributed by atoms with Crippen LogP contribution in [0.3, 0.4) is 0 Å². The summed E-state index contributed by atoms with van der Waals surface area (Å²) in [5, 5.41) is 2.51. The lowest BCUT2D eigenvalue weighted by molar-refractivity contribution is 0.611. The molecule has 0 saturated carbocycles. The van der Waals surface area contributed by atoms with Gasteiger partial charge in [-0.05, 0) is 17.8 Å². The molecule has 0 atom stereocenters. The molecular weight excluding hydrogens is 261 g/mol. The van der Waals surface area contributed by atoms with Crippen molar-refractivity contribution in [1.82, 2.24) is 4.84 Å². The molecule has 5 nitrogen and oxygen atoms in total. The van der Waals surface area contributed by atoms with Gasteiger partial charge in [0.1, 0.15) is 11.4 Å². The highest BCUT2D eigenvalue weighted by molar-refractivity contribution is 6.13. The van der Waals surface area contributed by atoms with Crippen molar-refractivity contribution < 1.29 is 4.39 Å². The Kier molecular flexibility index (Phi) is 3.31. The van der Waals surface area contributed by atoms with Gasteiger partial charge in [-0.3, -0.25) is 9.59 Å². The molecular formula is C11H9ClFN3O2. The molecule has 0 fully saturated rings. The summed E-state index contributed by atoms with van der Waals surface area (Å²) in [7, 11) is 0. The van der Waals surface area contributed by atoms with E-state index in [4.69, 9.17) is 17.5 Å². The van der Waals surface area contributed by atoms with Crippen molar-refractivity contribution in [2.24, 2.45) is 0 Å². The number of halogens is 2. The third-order valence-corrected chi connectivity index (χ3v) is 2.68. The summed E-state index contributed by atoms with van der Waals surface area (Å²) in [4.78, 5) is 24.4. The topological polar surface area (TPSA) is 84.2 Å². The Hall–Kier alpha value is -1.92. The van der Waals surface area contributed by atoms with Crippen LogP contribution in [0, 0.1) is 5.82 Å². The predicted octanol–water partition coefficient (Wildman–Crippen LogP) is 0.991. The van der Waals surface area contributed by atoms with E-state index in [1.807, 2.05) is 0 Å². The van der Waals surface area contributed by atoms with Gasteiger partial charge in [-0.2, -0.15) is 0 Å². The highest BCUT2D eigenvalue weighted by atomic mass is 35.5. The minimum absolute atomic E-state index is 0.0678. The molecule has 2 aromatic carbocycles. The van der Waals surface area contributed by atoms with Gasteiger partial charge in [-0.15, -0.1) is 0 Å². The zero-order valence-corrected chi connectivity index (χ0v) is 9.84. The molecule has 0 spiro atoms. The van der Waals surface area contributed by atoms with E-state index in [1.165, 1.54) is 6.07 Å². The molecule has 18 heavy (non-hydrogen) atoms. The van der Waals surface area contributed by atoms with Crippen LogP contribution in [0.25, 0.3) is 0 Å². The number of hydrogen-bond acceptors (Lipinski definition) is 5. The summed E-state index contributed by atoms with van der Waals surface area (Å²) in [6.07, 6.45) is 0. The van der Waals surface area contributed by atoms with Crippen molar-refractivity contribution in [2.45, 2.75) is 6.54 Å². The molecule has 0 aromatic heterocycles. The summed E-state index contributed by atoms with van der Waals surface area (Å²) in [5.74, 6) is -0.557. The first-order chi connectivity index (χ1) is 8.56. The maximum Gasteiger partial charge on any atom is 0.253 e. The number of nitrogen functional groups attached to an aromatic ring is 1. The van der Waals surface area contributed by atoms with Crippen LogP contribution in [0.5, 0.6) is 0 Å². The molecule has 2 aromatic rings. The van der Waals surface area contributed by atoms with Crippen LogP contribution < -0.4 is 26.7 Å². The summed E-state index contributed by atoms with van der Waals surface area (Å²) in [5.41, 5.74) is 3.99. The number of nitrogens with two attached hydrogens (primary N) is 1. The van der Waals surface area contributed by atoms with Crippen LogP contribution in [0.1, 0.15) is 5.56 Å². The van der Waals surface area contributed by atoms with Gasteiger partial charge in [-0.1, -0.05) is 12.1 Å². The van der Waals surface area contributed by atoms with Gasteiger partial charge in [0.2, 0.25) is 0 Å². The second kappa shape index (κ2) is 4.75. The highest BCUT2D eigenvalue weighted by Gasteiger charge is 2.19. The first-order valence-electron chi connectivity index (χ1n) is 5.03. The van der Waals surface area contributed by atoms with E-state index in [0.29, 0.717) is 5.56 Å². The average Bonchev–Trinajstić information content (AvgIpc) is 2.38. The predicted molar refractivity (Wildman–Crippen MR) is 68.1 cm³/mol. The van der Waals surface area contributed by atoms with Crippen LogP contribution in [-0.4, -0.2) is 0 Å². The van der Waals surface area contributed by atoms with E-state index in [-0.39, 0.29) is 23.6 Å². The highest BCUT2D eigenvalue weighted by Crippen LogP contribution is 2.23. The van der Waals surface area contributed by atoms with Crippen LogP contribution >= 0.6 is 11.8 Å². The van der Waals surface area contributed by atoms with E-state index < -0.39 is 16.7 Å². The molecule has 94 valence electrons. The van der Waals surface area contributed by atoms with Gasteiger partial charge in [0, 0.05) is 12.1 Å². The summed E-state index contributed by atoms with van der Waals surface area (Å²) in [6.45, 7) is 0.129. The first-order valence-corrected chi connectivity index (χ1v) is 5.40. The lowest BCUT2D eigenvalue weighted by atomic mass is 10.1. The summed E-state index contributed by atoms with van der Waals surface area (Å²) < 4.78 is 13.9. The minimum atomic E-state index is -0.753. The lowest BCUT2D eigenvalue weighted by Gasteiger charge is -2.12. The van der Waals surface area contributed by atoms with Crippen LogP contribution in [-0.2, 0) is 6.54 Å². The molecule has 0 aliphatic rings. The Morgan fingerprint density at radius 2 is 2.00 bits per heavy atom. The van der Waals surface area contributed by atoms with Gasteiger partial charge in [0.05, 0.1) is 5.69 Å². The molecule has 2 rings (SSSR count). The van der Waals surface area contributed by atoms with E-state index in [2.05, 4.69) is 10.2 Å². The Bertz CT molecular complexity index is 665. The molecule has 0 heterocycles. The summed E-state index contributed by atoms with van der Waals surface area (Å²) in [6, 6.07) is 4.57. The summed E-state index contributed by atoms with van der Waals surface area (Å²) >= 11 is 5.30. The van der Waals surface area contributed by atoms with Crippen molar-refractivity contribution in [3.05, 3.63) is 50.0 Å². The maximum absolute atomic E-state index is 13.9. The van der Waals surface area contributed by atoms with Crippen molar-refractivity contribution in [2.75, 3.05) is 11.1 Å². The maximum atomic E-state index is 13.9. The van der Waals surface area contributed by atoms with Crippen molar-refractivity contribution in [1.29, 1.82) is 0 Å². The molecule has 0 aliphatic carbocycles. The lowest BCUT2D eigenvalue weighted by Crippen LogP contribution is -2.36. The fourth-order valence-corrected chi connectivity index (χ4v) is 1.70. The Morgan fingerprint density at radius 1 is 1.28 bits per heavy atom. The third kappa shape index (κ3) is 1.96. The molecule has 0 bridgehead atoms. The van der Waals surface area contributed by atoms with Crippen LogP contribution in [0.15, 0.2) is 27.8 Å². The number of rotatable bonds is 4. The smallest absolute Gasteiger partial charge is 0.253 e. The molecule has 0 saturated heterocycles. The normalized spacial score (nSPS) is 10.8. The van der Waals surface area contributed by atoms with Crippen molar-refractivity contribution in [3.63, 3.8) is 0 Å². The van der Waals surface area contributed by atoms with E-state index in [1.54, 1.807) is 12.1 Å². The van der Waals surface area contributed by atoms with Crippen LogP contribution in [0.4, 0.5) is 21.5 Å².